The van der Waals surface area contributed by atoms with E-state index in [0.29, 0.717) is 11.0 Å². The van der Waals surface area contributed by atoms with Gasteiger partial charge in [-0.2, -0.15) is 5.26 Å². The maximum Gasteiger partial charge on any atom is 0.190 e. The summed E-state index contributed by atoms with van der Waals surface area (Å²) < 4.78 is 0. The molecule has 2 rings (SSSR count). The van der Waals surface area contributed by atoms with Crippen molar-refractivity contribution in [1.29, 1.82) is 5.26 Å². The first-order valence-corrected chi connectivity index (χ1v) is 7.43. The lowest BCUT2D eigenvalue weighted by atomic mass is 9.93. The SMILES string of the molecule is CC(C)(C#N)CCSc1nc(N)c2ccsc2n1. The summed E-state index contributed by atoms with van der Waals surface area (Å²) in [6.07, 6.45) is 0.805. The van der Waals surface area contributed by atoms with Gasteiger partial charge in [0.25, 0.3) is 0 Å². The van der Waals surface area contributed by atoms with E-state index in [2.05, 4.69) is 16.0 Å². The summed E-state index contributed by atoms with van der Waals surface area (Å²) in [5.41, 5.74) is 5.58. The van der Waals surface area contributed by atoms with Crippen LogP contribution in [0.5, 0.6) is 0 Å². The Morgan fingerprint density at radius 2 is 2.28 bits per heavy atom. The molecule has 2 aromatic rings. The number of thioether (sulfide) groups is 1. The number of hydrogen-bond donors (Lipinski definition) is 1. The number of nitriles is 1. The maximum absolute atomic E-state index is 8.94. The Balaban J connectivity index is 2.06. The van der Waals surface area contributed by atoms with E-state index in [4.69, 9.17) is 11.0 Å². The van der Waals surface area contributed by atoms with Gasteiger partial charge in [-0.3, -0.25) is 0 Å². The summed E-state index contributed by atoms with van der Waals surface area (Å²) in [5, 5.41) is 12.5. The molecule has 2 heterocycles. The van der Waals surface area contributed by atoms with Crippen LogP contribution in [0.2, 0.25) is 0 Å². The maximum atomic E-state index is 8.94. The first kappa shape index (κ1) is 13.1. The van der Waals surface area contributed by atoms with Crippen molar-refractivity contribution < 1.29 is 0 Å². The predicted molar refractivity (Wildman–Crippen MR) is 76.6 cm³/mol. The second-order valence-electron chi connectivity index (χ2n) is 4.62. The van der Waals surface area contributed by atoms with Crippen molar-refractivity contribution in [1.82, 2.24) is 9.97 Å². The lowest BCUT2D eigenvalue weighted by Gasteiger charge is -2.13. The average Bonchev–Trinajstić information content (AvgIpc) is 2.77. The minimum atomic E-state index is -0.300. The van der Waals surface area contributed by atoms with Crippen molar-refractivity contribution in [2.45, 2.75) is 25.4 Å². The molecule has 2 N–H and O–H groups in total. The predicted octanol–water partition coefficient (Wildman–Crippen LogP) is 3.31. The second kappa shape index (κ2) is 5.12. The van der Waals surface area contributed by atoms with Crippen LogP contribution < -0.4 is 5.73 Å². The van der Waals surface area contributed by atoms with Crippen LogP contribution in [0.3, 0.4) is 0 Å². The highest BCUT2D eigenvalue weighted by molar-refractivity contribution is 7.99. The molecule has 0 spiro atoms. The highest BCUT2D eigenvalue weighted by Crippen LogP contribution is 2.28. The molecule has 0 saturated heterocycles. The fourth-order valence-corrected chi connectivity index (χ4v) is 3.32. The number of aromatic nitrogens is 2. The highest BCUT2D eigenvalue weighted by atomic mass is 32.2. The number of nitrogens with zero attached hydrogens (tertiary/aromatic N) is 3. The summed E-state index contributed by atoms with van der Waals surface area (Å²) >= 11 is 3.11. The van der Waals surface area contributed by atoms with Gasteiger partial charge < -0.3 is 5.73 Å². The van der Waals surface area contributed by atoms with Crippen LogP contribution in [0.4, 0.5) is 5.82 Å². The van der Waals surface area contributed by atoms with E-state index in [9.17, 15) is 0 Å². The van der Waals surface area contributed by atoms with Gasteiger partial charge in [0.05, 0.1) is 16.9 Å². The standard InChI is InChI=1S/C12H14N4S2/c1-12(2,7-13)4-6-18-11-15-9(14)8-3-5-17-10(8)16-11/h3,5H,4,6H2,1-2H3,(H2,14,15,16). The summed E-state index contributed by atoms with van der Waals surface area (Å²) in [7, 11) is 0. The van der Waals surface area contributed by atoms with E-state index in [-0.39, 0.29) is 5.41 Å². The molecular formula is C12H14N4S2. The van der Waals surface area contributed by atoms with Crippen LogP contribution >= 0.6 is 23.1 Å². The second-order valence-corrected chi connectivity index (χ2v) is 6.58. The molecule has 6 heteroatoms. The van der Waals surface area contributed by atoms with Crippen LogP contribution in [-0.2, 0) is 0 Å². The van der Waals surface area contributed by atoms with Crippen molar-refractivity contribution in [3.63, 3.8) is 0 Å². The summed E-state index contributed by atoms with van der Waals surface area (Å²) in [4.78, 5) is 9.64. The summed E-state index contributed by atoms with van der Waals surface area (Å²) in [6, 6.07) is 4.22. The topological polar surface area (TPSA) is 75.6 Å². The van der Waals surface area contributed by atoms with Gasteiger partial charge in [-0.25, -0.2) is 9.97 Å². The van der Waals surface area contributed by atoms with Crippen molar-refractivity contribution >= 4 is 39.1 Å². The zero-order valence-electron chi connectivity index (χ0n) is 10.3. The van der Waals surface area contributed by atoms with E-state index >= 15 is 0 Å². The van der Waals surface area contributed by atoms with E-state index in [1.807, 2.05) is 25.3 Å². The van der Waals surface area contributed by atoms with Gasteiger partial charge in [0.15, 0.2) is 5.16 Å². The molecule has 94 valence electrons. The fraction of sp³-hybridized carbons (Fsp3) is 0.417. The number of anilines is 1. The molecule has 4 nitrogen and oxygen atoms in total. The van der Waals surface area contributed by atoms with E-state index in [1.165, 1.54) is 0 Å². The minimum absolute atomic E-state index is 0.300. The number of nitrogen functional groups attached to an aromatic ring is 1. The molecule has 0 bridgehead atoms. The van der Waals surface area contributed by atoms with Crippen LogP contribution in [0.1, 0.15) is 20.3 Å². The minimum Gasteiger partial charge on any atom is -0.383 e. The molecule has 0 saturated carbocycles. The quantitative estimate of drug-likeness (QED) is 0.686. The molecule has 0 aliphatic carbocycles. The Kier molecular flexibility index (Phi) is 3.73. The van der Waals surface area contributed by atoms with Gasteiger partial charge in [-0.15, -0.1) is 11.3 Å². The van der Waals surface area contributed by atoms with Gasteiger partial charge in [-0.05, 0) is 31.7 Å². The van der Waals surface area contributed by atoms with Crippen LogP contribution in [0.25, 0.3) is 10.2 Å². The van der Waals surface area contributed by atoms with Crippen LogP contribution in [-0.4, -0.2) is 15.7 Å². The first-order valence-electron chi connectivity index (χ1n) is 5.56. The van der Waals surface area contributed by atoms with Gasteiger partial charge in [0.1, 0.15) is 10.6 Å². The van der Waals surface area contributed by atoms with Crippen LogP contribution in [0, 0.1) is 16.7 Å². The third-order valence-electron chi connectivity index (χ3n) is 2.59. The van der Waals surface area contributed by atoms with Crippen molar-refractivity contribution in [3.8, 4) is 6.07 Å². The molecule has 0 amide bonds. The Morgan fingerprint density at radius 1 is 1.50 bits per heavy atom. The molecule has 0 aromatic carbocycles. The van der Waals surface area contributed by atoms with Gasteiger partial charge >= 0.3 is 0 Å². The van der Waals surface area contributed by atoms with E-state index < -0.39 is 0 Å². The zero-order chi connectivity index (χ0) is 13.2. The Morgan fingerprint density at radius 3 is 3.00 bits per heavy atom. The summed E-state index contributed by atoms with van der Waals surface area (Å²) in [6.45, 7) is 3.87. The van der Waals surface area contributed by atoms with Gasteiger partial charge in [-0.1, -0.05) is 11.8 Å². The van der Waals surface area contributed by atoms with Gasteiger partial charge in [0.2, 0.25) is 0 Å². The lowest BCUT2D eigenvalue weighted by molar-refractivity contribution is 0.482. The normalized spacial score (nSPS) is 11.6. The zero-order valence-corrected chi connectivity index (χ0v) is 11.9. The highest BCUT2D eigenvalue weighted by Gasteiger charge is 2.16. The van der Waals surface area contributed by atoms with Gasteiger partial charge in [0, 0.05) is 5.75 Å². The molecule has 0 atom stereocenters. The smallest absolute Gasteiger partial charge is 0.190 e. The average molecular weight is 278 g/mol. The van der Waals surface area contributed by atoms with Crippen molar-refractivity contribution in [2.75, 3.05) is 11.5 Å². The van der Waals surface area contributed by atoms with Crippen molar-refractivity contribution in [2.24, 2.45) is 5.41 Å². The molecule has 0 radical (unpaired) electrons. The third-order valence-corrected chi connectivity index (χ3v) is 4.25. The number of rotatable bonds is 4. The van der Waals surface area contributed by atoms with Crippen LogP contribution in [0.15, 0.2) is 16.6 Å². The number of hydrogen-bond acceptors (Lipinski definition) is 6. The first-order chi connectivity index (χ1) is 8.52. The molecule has 0 unspecified atom stereocenters. The summed E-state index contributed by atoms with van der Waals surface area (Å²) in [5.74, 6) is 1.35. The Labute approximate surface area is 114 Å². The Bertz CT molecular complexity index is 598. The number of fused-ring (bicyclic) bond motifs is 1. The molecule has 0 aliphatic heterocycles. The molecular weight excluding hydrogens is 264 g/mol. The Hall–Kier alpha value is -1.32. The number of thiophene rings is 1. The number of nitrogens with two attached hydrogens (primary N) is 1. The van der Waals surface area contributed by atoms with Crippen molar-refractivity contribution in [3.05, 3.63) is 11.4 Å². The molecule has 0 aliphatic rings. The van der Waals surface area contributed by atoms with E-state index in [0.717, 1.165) is 22.4 Å². The monoisotopic (exact) mass is 278 g/mol. The molecule has 2 aromatic heterocycles. The molecule has 18 heavy (non-hydrogen) atoms. The lowest BCUT2D eigenvalue weighted by Crippen LogP contribution is -2.08. The van der Waals surface area contributed by atoms with E-state index in [1.54, 1.807) is 23.1 Å². The fourth-order valence-electron chi connectivity index (χ4n) is 1.38. The largest absolute Gasteiger partial charge is 0.383 e. The molecule has 0 fully saturated rings. The third kappa shape index (κ3) is 2.92.